The first-order chi connectivity index (χ1) is 9.54. The van der Waals surface area contributed by atoms with Crippen LogP contribution in [-0.4, -0.2) is 47.8 Å². The Hall–Kier alpha value is -1.13. The highest BCUT2D eigenvalue weighted by molar-refractivity contribution is 5.72. The Morgan fingerprint density at radius 3 is 2.35 bits per heavy atom. The van der Waals surface area contributed by atoms with E-state index in [9.17, 15) is 9.90 Å². The summed E-state index contributed by atoms with van der Waals surface area (Å²) in [6.45, 7) is 11.8. The molecule has 1 aliphatic carbocycles. The molecule has 114 valence electrons. The van der Waals surface area contributed by atoms with Crippen LogP contribution >= 0.6 is 0 Å². The smallest absolute Gasteiger partial charge is 0.308 e. The molecule has 0 aliphatic heterocycles. The lowest BCUT2D eigenvalue weighted by molar-refractivity contribution is -0.151. The van der Waals surface area contributed by atoms with Crippen LogP contribution in [0.15, 0.2) is 25.3 Å². The second kappa shape index (κ2) is 8.22. The number of aliphatic hydroxyl groups is 1. The molecule has 0 bridgehead atoms. The quantitative estimate of drug-likeness (QED) is 0.547. The summed E-state index contributed by atoms with van der Waals surface area (Å²) in [5.41, 5.74) is -0.713. The van der Waals surface area contributed by atoms with E-state index >= 15 is 0 Å². The van der Waals surface area contributed by atoms with Gasteiger partial charge < -0.3 is 9.84 Å². The molecule has 0 radical (unpaired) electrons. The van der Waals surface area contributed by atoms with E-state index in [4.69, 9.17) is 4.74 Å². The van der Waals surface area contributed by atoms with Gasteiger partial charge in [0.05, 0.1) is 18.1 Å². The summed E-state index contributed by atoms with van der Waals surface area (Å²) in [5.74, 6) is -0.175. The highest BCUT2D eigenvalue weighted by Crippen LogP contribution is 2.33. The normalized spacial score (nSPS) is 26.2. The van der Waals surface area contributed by atoms with Crippen LogP contribution in [0.2, 0.25) is 0 Å². The third-order valence-electron chi connectivity index (χ3n) is 3.83. The van der Waals surface area contributed by atoms with Crippen LogP contribution in [0.1, 0.15) is 32.6 Å². The van der Waals surface area contributed by atoms with Crippen molar-refractivity contribution in [2.45, 2.75) is 38.2 Å². The van der Waals surface area contributed by atoms with E-state index in [1.54, 1.807) is 0 Å². The first kappa shape index (κ1) is 16.9. The number of hydrogen-bond acceptors (Lipinski definition) is 4. The van der Waals surface area contributed by atoms with Gasteiger partial charge in [-0.25, -0.2) is 0 Å². The number of carbonyl (C=O) groups is 1. The van der Waals surface area contributed by atoms with Crippen molar-refractivity contribution in [2.24, 2.45) is 5.92 Å². The molecule has 4 heteroatoms. The predicted molar refractivity (Wildman–Crippen MR) is 80.4 cm³/mol. The summed E-state index contributed by atoms with van der Waals surface area (Å²) in [6.07, 6.45) is 6.34. The van der Waals surface area contributed by atoms with Crippen LogP contribution < -0.4 is 0 Å². The fourth-order valence-corrected chi connectivity index (χ4v) is 2.79. The van der Waals surface area contributed by atoms with Crippen LogP contribution in [0.3, 0.4) is 0 Å². The summed E-state index contributed by atoms with van der Waals surface area (Å²) in [5, 5.41) is 10.7. The average Bonchev–Trinajstić information content (AvgIpc) is 2.40. The fraction of sp³-hybridized carbons (Fsp3) is 0.688. The van der Waals surface area contributed by atoms with Crippen LogP contribution in [0, 0.1) is 5.92 Å². The minimum absolute atomic E-state index is 0.0533. The molecule has 20 heavy (non-hydrogen) atoms. The van der Waals surface area contributed by atoms with Crippen molar-refractivity contribution < 1.29 is 14.6 Å². The van der Waals surface area contributed by atoms with Crippen LogP contribution in [0.5, 0.6) is 0 Å². The summed E-state index contributed by atoms with van der Waals surface area (Å²) in [7, 11) is 0. The molecular weight excluding hydrogens is 254 g/mol. The van der Waals surface area contributed by atoms with Gasteiger partial charge in [0, 0.05) is 19.6 Å². The molecule has 0 spiro atoms. The van der Waals surface area contributed by atoms with Gasteiger partial charge in [0.15, 0.2) is 0 Å². The van der Waals surface area contributed by atoms with Crippen molar-refractivity contribution >= 4 is 5.97 Å². The third-order valence-corrected chi connectivity index (χ3v) is 3.83. The summed E-state index contributed by atoms with van der Waals surface area (Å²) < 4.78 is 5.05. The largest absolute Gasteiger partial charge is 0.466 e. The SMILES string of the molecule is C=CCN(CC=C)CC1(O)CCC(C(=O)OCC)CC1. The van der Waals surface area contributed by atoms with Gasteiger partial charge in [-0.05, 0) is 32.6 Å². The first-order valence-corrected chi connectivity index (χ1v) is 7.38. The Morgan fingerprint density at radius 1 is 1.35 bits per heavy atom. The van der Waals surface area contributed by atoms with Gasteiger partial charge in [0.25, 0.3) is 0 Å². The summed E-state index contributed by atoms with van der Waals surface area (Å²) in [6, 6.07) is 0. The molecule has 0 saturated heterocycles. The van der Waals surface area contributed by atoms with Crippen LogP contribution in [-0.2, 0) is 9.53 Å². The van der Waals surface area contributed by atoms with Crippen LogP contribution in [0.25, 0.3) is 0 Å². The second-order valence-corrected chi connectivity index (χ2v) is 5.52. The zero-order chi connectivity index (χ0) is 15.0. The van der Waals surface area contributed by atoms with Crippen molar-refractivity contribution in [3.8, 4) is 0 Å². The first-order valence-electron chi connectivity index (χ1n) is 7.38. The highest BCUT2D eigenvalue weighted by Gasteiger charge is 2.37. The molecule has 0 amide bonds. The van der Waals surface area contributed by atoms with Gasteiger partial charge in [-0.3, -0.25) is 9.69 Å². The van der Waals surface area contributed by atoms with E-state index in [0.717, 1.165) is 13.1 Å². The highest BCUT2D eigenvalue weighted by atomic mass is 16.5. The second-order valence-electron chi connectivity index (χ2n) is 5.52. The van der Waals surface area contributed by atoms with Crippen LogP contribution in [0.4, 0.5) is 0 Å². The van der Waals surface area contributed by atoms with E-state index in [-0.39, 0.29) is 11.9 Å². The lowest BCUT2D eigenvalue weighted by Gasteiger charge is -2.38. The zero-order valence-electron chi connectivity index (χ0n) is 12.5. The number of rotatable bonds is 8. The lowest BCUT2D eigenvalue weighted by atomic mass is 9.78. The standard InChI is InChI=1S/C16H27NO3/c1-4-11-17(12-5-2)13-16(19)9-7-14(8-10-16)15(18)20-6-3/h4-5,14,19H,1-2,6-13H2,3H3. The van der Waals surface area contributed by atoms with E-state index in [1.165, 1.54) is 0 Å². The Bertz CT molecular complexity index is 323. The monoisotopic (exact) mass is 281 g/mol. The number of nitrogens with zero attached hydrogens (tertiary/aromatic N) is 1. The van der Waals surface area contributed by atoms with Crippen molar-refractivity contribution in [1.82, 2.24) is 4.90 Å². The minimum Gasteiger partial charge on any atom is -0.466 e. The molecule has 0 aromatic rings. The molecule has 1 saturated carbocycles. The van der Waals surface area contributed by atoms with E-state index < -0.39 is 5.60 Å². The Morgan fingerprint density at radius 2 is 1.90 bits per heavy atom. The maximum absolute atomic E-state index is 11.7. The average molecular weight is 281 g/mol. The predicted octanol–water partition coefficient (Wildman–Crippen LogP) is 2.14. The Labute approximate surface area is 122 Å². The summed E-state index contributed by atoms with van der Waals surface area (Å²) in [4.78, 5) is 13.8. The van der Waals surface area contributed by atoms with Crippen molar-refractivity contribution in [3.63, 3.8) is 0 Å². The topological polar surface area (TPSA) is 49.8 Å². The molecular formula is C16H27NO3. The van der Waals surface area contributed by atoms with Gasteiger partial charge in [-0.1, -0.05) is 12.2 Å². The third kappa shape index (κ3) is 5.10. The number of esters is 1. The molecule has 0 aromatic heterocycles. The molecule has 1 N–H and O–H groups in total. The van der Waals surface area contributed by atoms with E-state index in [0.29, 0.717) is 38.8 Å². The van der Waals surface area contributed by atoms with Crippen molar-refractivity contribution in [3.05, 3.63) is 25.3 Å². The molecule has 1 rings (SSSR count). The number of carbonyl (C=O) groups excluding carboxylic acids is 1. The lowest BCUT2D eigenvalue weighted by Crippen LogP contribution is -2.46. The molecule has 1 fully saturated rings. The molecule has 0 heterocycles. The van der Waals surface area contributed by atoms with Crippen molar-refractivity contribution in [2.75, 3.05) is 26.2 Å². The van der Waals surface area contributed by atoms with Gasteiger partial charge in [0.2, 0.25) is 0 Å². The molecule has 1 aliphatic rings. The van der Waals surface area contributed by atoms with Gasteiger partial charge in [0.1, 0.15) is 0 Å². The summed E-state index contributed by atoms with van der Waals surface area (Å²) >= 11 is 0. The maximum Gasteiger partial charge on any atom is 0.308 e. The van der Waals surface area contributed by atoms with E-state index in [2.05, 4.69) is 18.1 Å². The van der Waals surface area contributed by atoms with E-state index in [1.807, 2.05) is 19.1 Å². The number of ether oxygens (including phenoxy) is 1. The maximum atomic E-state index is 11.7. The zero-order valence-corrected chi connectivity index (χ0v) is 12.5. The number of hydrogen-bond donors (Lipinski definition) is 1. The Kier molecular flexibility index (Phi) is 6.96. The van der Waals surface area contributed by atoms with Gasteiger partial charge in [-0.15, -0.1) is 13.2 Å². The molecule has 4 nitrogen and oxygen atoms in total. The minimum atomic E-state index is -0.713. The molecule has 0 atom stereocenters. The van der Waals surface area contributed by atoms with Gasteiger partial charge in [-0.2, -0.15) is 0 Å². The van der Waals surface area contributed by atoms with Crippen molar-refractivity contribution in [1.29, 1.82) is 0 Å². The fourth-order valence-electron chi connectivity index (χ4n) is 2.79. The molecule has 0 aromatic carbocycles. The molecule has 0 unspecified atom stereocenters. The van der Waals surface area contributed by atoms with Gasteiger partial charge >= 0.3 is 5.97 Å². The Balaban J connectivity index is 2.49.